The molecular formula is C21H23N3O2. The quantitative estimate of drug-likeness (QED) is 0.613. The SMILES string of the molecule is CN(C)CCN(Cc1cccnc1)C(=O)C=Cc1cc2ccccc2o1. The third kappa shape index (κ3) is 4.80. The van der Waals surface area contributed by atoms with Gasteiger partial charge in [-0.2, -0.15) is 0 Å². The number of likely N-dealkylation sites (N-methyl/N-ethyl adjacent to an activating group) is 1. The molecule has 1 amide bonds. The van der Waals surface area contributed by atoms with E-state index in [1.54, 1.807) is 24.5 Å². The van der Waals surface area contributed by atoms with Gasteiger partial charge in [-0.3, -0.25) is 9.78 Å². The van der Waals surface area contributed by atoms with Crippen molar-refractivity contribution < 1.29 is 9.21 Å². The van der Waals surface area contributed by atoms with Crippen LogP contribution in [0.3, 0.4) is 0 Å². The number of para-hydroxylation sites is 1. The zero-order chi connectivity index (χ0) is 18.4. The van der Waals surface area contributed by atoms with Crippen LogP contribution in [0, 0.1) is 0 Å². The third-order valence-electron chi connectivity index (χ3n) is 4.06. The van der Waals surface area contributed by atoms with E-state index in [9.17, 15) is 4.79 Å². The molecule has 0 aliphatic heterocycles. The minimum Gasteiger partial charge on any atom is -0.457 e. The second-order valence-corrected chi connectivity index (χ2v) is 6.44. The lowest BCUT2D eigenvalue weighted by Gasteiger charge is -2.23. The Bertz CT molecular complexity index is 851. The van der Waals surface area contributed by atoms with Crippen molar-refractivity contribution in [2.75, 3.05) is 27.2 Å². The maximum atomic E-state index is 12.7. The first-order chi connectivity index (χ1) is 12.6. The molecule has 0 radical (unpaired) electrons. The maximum Gasteiger partial charge on any atom is 0.247 e. The fraction of sp³-hybridized carbons (Fsp3) is 0.238. The van der Waals surface area contributed by atoms with Gasteiger partial charge in [0.25, 0.3) is 0 Å². The van der Waals surface area contributed by atoms with Crippen LogP contribution >= 0.6 is 0 Å². The van der Waals surface area contributed by atoms with Crippen molar-refractivity contribution in [3.63, 3.8) is 0 Å². The zero-order valence-corrected chi connectivity index (χ0v) is 15.1. The van der Waals surface area contributed by atoms with Gasteiger partial charge < -0.3 is 14.2 Å². The Balaban J connectivity index is 1.72. The Morgan fingerprint density at radius 2 is 2.00 bits per heavy atom. The van der Waals surface area contributed by atoms with Gasteiger partial charge in [-0.1, -0.05) is 24.3 Å². The summed E-state index contributed by atoms with van der Waals surface area (Å²) in [6.07, 6.45) is 6.83. The van der Waals surface area contributed by atoms with E-state index in [1.807, 2.05) is 61.5 Å². The highest BCUT2D eigenvalue weighted by Crippen LogP contribution is 2.19. The van der Waals surface area contributed by atoms with Crippen LogP contribution in [0.25, 0.3) is 17.0 Å². The number of hydrogen-bond donors (Lipinski definition) is 0. The second-order valence-electron chi connectivity index (χ2n) is 6.44. The Labute approximate surface area is 153 Å². The van der Waals surface area contributed by atoms with Gasteiger partial charge in [0, 0.05) is 43.5 Å². The highest BCUT2D eigenvalue weighted by Gasteiger charge is 2.12. The summed E-state index contributed by atoms with van der Waals surface area (Å²) in [5, 5.41) is 1.03. The summed E-state index contributed by atoms with van der Waals surface area (Å²) in [5.74, 6) is 0.629. The van der Waals surface area contributed by atoms with Gasteiger partial charge in [0.1, 0.15) is 11.3 Å². The van der Waals surface area contributed by atoms with Gasteiger partial charge in [-0.25, -0.2) is 0 Å². The summed E-state index contributed by atoms with van der Waals surface area (Å²) in [5.41, 5.74) is 1.83. The fourth-order valence-electron chi connectivity index (χ4n) is 2.64. The van der Waals surface area contributed by atoms with Crippen LogP contribution in [0.4, 0.5) is 0 Å². The zero-order valence-electron chi connectivity index (χ0n) is 15.1. The lowest BCUT2D eigenvalue weighted by Crippen LogP contribution is -2.35. The molecule has 26 heavy (non-hydrogen) atoms. The van der Waals surface area contributed by atoms with Crippen LogP contribution in [0.2, 0.25) is 0 Å². The molecule has 0 atom stereocenters. The summed E-state index contributed by atoms with van der Waals surface area (Å²) in [6.45, 7) is 1.97. The van der Waals surface area contributed by atoms with Crippen LogP contribution in [0.1, 0.15) is 11.3 Å². The van der Waals surface area contributed by atoms with Gasteiger partial charge in [0.05, 0.1) is 0 Å². The number of amides is 1. The average Bonchev–Trinajstić information content (AvgIpc) is 3.07. The van der Waals surface area contributed by atoms with Gasteiger partial charge in [-0.15, -0.1) is 0 Å². The number of nitrogens with zero attached hydrogens (tertiary/aromatic N) is 3. The fourth-order valence-corrected chi connectivity index (χ4v) is 2.64. The maximum absolute atomic E-state index is 12.7. The van der Waals surface area contributed by atoms with E-state index >= 15 is 0 Å². The van der Waals surface area contributed by atoms with Crippen LogP contribution in [0.15, 0.2) is 65.4 Å². The lowest BCUT2D eigenvalue weighted by molar-refractivity contribution is -0.126. The van der Waals surface area contributed by atoms with Crippen LogP contribution < -0.4 is 0 Å². The van der Waals surface area contributed by atoms with Crippen LogP contribution in [-0.4, -0.2) is 47.9 Å². The minimum atomic E-state index is -0.0452. The van der Waals surface area contributed by atoms with Gasteiger partial charge in [0.2, 0.25) is 5.91 Å². The molecule has 0 spiro atoms. The average molecular weight is 349 g/mol. The molecular weight excluding hydrogens is 326 g/mol. The van der Waals surface area contributed by atoms with Gasteiger partial charge >= 0.3 is 0 Å². The molecule has 0 unspecified atom stereocenters. The monoisotopic (exact) mass is 349 g/mol. The van der Waals surface area contributed by atoms with Gasteiger partial charge in [0.15, 0.2) is 0 Å². The second kappa shape index (κ2) is 8.45. The summed E-state index contributed by atoms with van der Waals surface area (Å²) < 4.78 is 5.74. The van der Waals surface area contributed by atoms with E-state index in [-0.39, 0.29) is 5.91 Å². The molecule has 1 aromatic carbocycles. The Kier molecular flexibility index (Phi) is 5.81. The number of carbonyl (C=O) groups is 1. The summed E-state index contributed by atoms with van der Waals surface area (Å²) >= 11 is 0. The molecule has 3 aromatic rings. The number of pyridine rings is 1. The molecule has 134 valence electrons. The number of aromatic nitrogens is 1. The van der Waals surface area contributed by atoms with Crippen molar-refractivity contribution >= 4 is 23.0 Å². The topological polar surface area (TPSA) is 49.6 Å². The van der Waals surface area contributed by atoms with Crippen LogP contribution in [0.5, 0.6) is 0 Å². The first-order valence-corrected chi connectivity index (χ1v) is 8.61. The van der Waals surface area contributed by atoms with Crippen molar-refractivity contribution in [3.05, 3.63) is 72.3 Å². The molecule has 0 aliphatic rings. The smallest absolute Gasteiger partial charge is 0.247 e. The predicted molar refractivity (Wildman–Crippen MR) is 103 cm³/mol. The van der Waals surface area contributed by atoms with Crippen molar-refractivity contribution in [2.24, 2.45) is 0 Å². The predicted octanol–water partition coefficient (Wildman–Crippen LogP) is 3.43. The number of benzene rings is 1. The summed E-state index contributed by atoms with van der Waals surface area (Å²) in [7, 11) is 3.99. The standard InChI is InChI=1S/C21H23N3O2/c1-23(2)12-13-24(16-17-6-5-11-22-15-17)21(25)10-9-19-14-18-7-3-4-8-20(18)26-19/h3-11,14-15H,12-13,16H2,1-2H3. The molecule has 0 saturated heterocycles. The van der Waals surface area contributed by atoms with Crippen LogP contribution in [-0.2, 0) is 11.3 Å². The molecule has 2 aromatic heterocycles. The van der Waals surface area contributed by atoms with E-state index in [4.69, 9.17) is 4.42 Å². The first kappa shape index (κ1) is 17.9. The Morgan fingerprint density at radius 3 is 2.73 bits per heavy atom. The number of fused-ring (bicyclic) bond motifs is 1. The van der Waals surface area contributed by atoms with E-state index in [0.717, 1.165) is 23.1 Å². The number of carbonyl (C=O) groups excluding carboxylic acids is 1. The Hall–Kier alpha value is -2.92. The van der Waals surface area contributed by atoms with E-state index in [2.05, 4.69) is 9.88 Å². The molecule has 0 N–H and O–H groups in total. The Morgan fingerprint density at radius 1 is 1.15 bits per heavy atom. The number of rotatable bonds is 7. The largest absolute Gasteiger partial charge is 0.457 e. The lowest BCUT2D eigenvalue weighted by atomic mass is 10.2. The van der Waals surface area contributed by atoms with Crippen molar-refractivity contribution in [1.29, 1.82) is 0 Å². The normalized spacial score (nSPS) is 11.5. The molecule has 0 aliphatic carbocycles. The molecule has 5 nitrogen and oxygen atoms in total. The van der Waals surface area contributed by atoms with E-state index in [1.165, 1.54) is 0 Å². The molecule has 0 saturated carbocycles. The number of furan rings is 1. The van der Waals surface area contributed by atoms with E-state index < -0.39 is 0 Å². The molecule has 0 fully saturated rings. The first-order valence-electron chi connectivity index (χ1n) is 8.61. The highest BCUT2D eigenvalue weighted by atomic mass is 16.3. The number of hydrogen-bond acceptors (Lipinski definition) is 4. The molecule has 0 bridgehead atoms. The molecule has 5 heteroatoms. The summed E-state index contributed by atoms with van der Waals surface area (Å²) in [6, 6.07) is 13.6. The summed E-state index contributed by atoms with van der Waals surface area (Å²) in [4.78, 5) is 20.7. The van der Waals surface area contributed by atoms with Gasteiger partial charge in [-0.05, 0) is 43.9 Å². The van der Waals surface area contributed by atoms with Crippen molar-refractivity contribution in [1.82, 2.24) is 14.8 Å². The van der Waals surface area contributed by atoms with E-state index in [0.29, 0.717) is 18.8 Å². The van der Waals surface area contributed by atoms with Crippen molar-refractivity contribution in [2.45, 2.75) is 6.54 Å². The third-order valence-corrected chi connectivity index (χ3v) is 4.06. The minimum absolute atomic E-state index is 0.0452. The highest BCUT2D eigenvalue weighted by molar-refractivity contribution is 5.92. The molecule has 3 rings (SSSR count). The van der Waals surface area contributed by atoms with Crippen molar-refractivity contribution in [3.8, 4) is 0 Å². The molecule has 2 heterocycles.